The van der Waals surface area contributed by atoms with Gasteiger partial charge in [-0.3, -0.25) is 9.78 Å². The lowest BCUT2D eigenvalue weighted by Crippen LogP contribution is -2.29. The number of nitrogens with zero attached hydrogens (tertiary/aromatic N) is 2. The highest BCUT2D eigenvalue weighted by Crippen LogP contribution is 2.12. The molecule has 0 bridgehead atoms. The molecule has 2 rings (SSSR count). The van der Waals surface area contributed by atoms with Gasteiger partial charge in [0.25, 0.3) is 5.91 Å². The Bertz CT molecular complexity index is 326. The number of rotatable bonds is 1. The number of aromatic nitrogens is 1. The van der Waals surface area contributed by atoms with E-state index in [1.807, 2.05) is 0 Å². The first-order chi connectivity index (χ1) is 6.77. The van der Waals surface area contributed by atoms with Crippen LogP contribution >= 0.6 is 0 Å². The van der Waals surface area contributed by atoms with E-state index in [1.54, 1.807) is 17.0 Å². The molecule has 2 heterocycles. The second-order valence-corrected chi connectivity index (χ2v) is 3.37. The third kappa shape index (κ3) is 1.75. The Hall–Kier alpha value is -1.42. The number of hydrogen-bond acceptors (Lipinski definition) is 3. The Morgan fingerprint density at radius 3 is 3.14 bits per heavy atom. The van der Waals surface area contributed by atoms with Gasteiger partial charge >= 0.3 is 0 Å². The molecule has 1 unspecified atom stereocenters. The van der Waals surface area contributed by atoms with E-state index in [1.165, 1.54) is 6.20 Å². The third-order valence-corrected chi connectivity index (χ3v) is 2.31. The van der Waals surface area contributed by atoms with Gasteiger partial charge in [-0.1, -0.05) is 0 Å². The summed E-state index contributed by atoms with van der Waals surface area (Å²) < 4.78 is 0. The minimum Gasteiger partial charge on any atom is -0.391 e. The van der Waals surface area contributed by atoms with Crippen molar-refractivity contribution in [3.63, 3.8) is 0 Å². The number of β-amino-alcohol motifs (C(OH)–C–C–N with tert-alkyl or cyclic N) is 1. The van der Waals surface area contributed by atoms with Crippen molar-refractivity contribution >= 4 is 5.91 Å². The molecule has 1 saturated heterocycles. The number of carbonyl (C=O) groups excluding carboxylic acids is 1. The number of carbonyl (C=O) groups is 1. The van der Waals surface area contributed by atoms with Crippen LogP contribution in [0.2, 0.25) is 0 Å². The third-order valence-electron chi connectivity index (χ3n) is 2.31. The number of hydrogen-bond donors (Lipinski definition) is 1. The van der Waals surface area contributed by atoms with Crippen molar-refractivity contribution < 1.29 is 9.90 Å². The van der Waals surface area contributed by atoms with Crippen LogP contribution in [-0.2, 0) is 0 Å². The summed E-state index contributed by atoms with van der Waals surface area (Å²) in [6, 6.07) is 3.29. The molecule has 1 N–H and O–H groups in total. The van der Waals surface area contributed by atoms with Crippen LogP contribution in [0.5, 0.6) is 0 Å². The zero-order chi connectivity index (χ0) is 9.97. The lowest BCUT2D eigenvalue weighted by molar-refractivity contribution is 0.0764. The van der Waals surface area contributed by atoms with E-state index in [0.717, 1.165) is 0 Å². The van der Waals surface area contributed by atoms with Crippen LogP contribution in [0.15, 0.2) is 18.3 Å². The van der Waals surface area contributed by atoms with Crippen molar-refractivity contribution in [2.45, 2.75) is 12.5 Å². The Labute approximate surface area is 82.2 Å². The maximum atomic E-state index is 11.8. The van der Waals surface area contributed by atoms with Crippen molar-refractivity contribution in [3.8, 4) is 0 Å². The normalized spacial score (nSPS) is 21.2. The molecule has 1 aromatic rings. The van der Waals surface area contributed by atoms with E-state index in [2.05, 4.69) is 11.2 Å². The van der Waals surface area contributed by atoms with Gasteiger partial charge in [-0.05, 0) is 18.6 Å². The van der Waals surface area contributed by atoms with Gasteiger partial charge in [-0.25, -0.2) is 0 Å². The molecule has 14 heavy (non-hydrogen) atoms. The van der Waals surface area contributed by atoms with Crippen LogP contribution < -0.4 is 0 Å². The quantitative estimate of drug-likeness (QED) is 0.684. The van der Waals surface area contributed by atoms with Crippen molar-refractivity contribution in [2.24, 2.45) is 0 Å². The highest BCUT2D eigenvalue weighted by atomic mass is 16.3. The van der Waals surface area contributed by atoms with Crippen molar-refractivity contribution in [2.75, 3.05) is 13.1 Å². The van der Waals surface area contributed by atoms with Gasteiger partial charge in [0.15, 0.2) is 0 Å². The van der Waals surface area contributed by atoms with Crippen LogP contribution in [0.1, 0.15) is 16.8 Å². The minimum atomic E-state index is -0.373. The molecule has 1 amide bonds. The van der Waals surface area contributed by atoms with Crippen LogP contribution in [-0.4, -0.2) is 40.1 Å². The number of aliphatic hydroxyl groups is 1. The fraction of sp³-hybridized carbons (Fsp3) is 0.400. The molecule has 73 valence electrons. The highest BCUT2D eigenvalue weighted by molar-refractivity contribution is 5.94. The van der Waals surface area contributed by atoms with E-state index < -0.39 is 0 Å². The molecule has 0 aliphatic carbocycles. The summed E-state index contributed by atoms with van der Waals surface area (Å²) in [5.74, 6) is -0.0666. The smallest absolute Gasteiger partial charge is 0.255 e. The van der Waals surface area contributed by atoms with Gasteiger partial charge in [-0.2, -0.15) is 0 Å². The zero-order valence-electron chi connectivity index (χ0n) is 7.68. The summed E-state index contributed by atoms with van der Waals surface area (Å²) in [7, 11) is 0. The maximum absolute atomic E-state index is 11.8. The maximum Gasteiger partial charge on any atom is 0.255 e. The average Bonchev–Trinajstić information content (AvgIpc) is 2.65. The second kappa shape index (κ2) is 3.75. The molecule has 4 heteroatoms. The van der Waals surface area contributed by atoms with Crippen LogP contribution in [0.25, 0.3) is 0 Å². The van der Waals surface area contributed by atoms with Crippen molar-refractivity contribution in [3.05, 3.63) is 30.1 Å². The van der Waals surface area contributed by atoms with Gasteiger partial charge in [0, 0.05) is 19.3 Å². The Morgan fingerprint density at radius 2 is 2.57 bits per heavy atom. The van der Waals surface area contributed by atoms with Crippen LogP contribution in [0.4, 0.5) is 0 Å². The largest absolute Gasteiger partial charge is 0.391 e. The molecular weight excluding hydrogens is 180 g/mol. The van der Waals surface area contributed by atoms with E-state index in [4.69, 9.17) is 0 Å². The second-order valence-electron chi connectivity index (χ2n) is 3.37. The standard InChI is InChI=1S/C10H11N2O2/c13-9-3-5-12(7-9)10(14)8-2-1-4-11-6-8/h1-2,6,9,13H,3,5,7H2. The van der Waals surface area contributed by atoms with Crippen LogP contribution in [0.3, 0.4) is 0 Å². The summed E-state index contributed by atoms with van der Waals surface area (Å²) in [5.41, 5.74) is 0.554. The molecule has 0 aromatic carbocycles. The van der Waals surface area contributed by atoms with Gasteiger partial charge in [0.1, 0.15) is 0 Å². The summed E-state index contributed by atoms with van der Waals surface area (Å²) in [5, 5.41) is 9.28. The topological polar surface area (TPSA) is 53.4 Å². The molecule has 0 saturated carbocycles. The summed E-state index contributed by atoms with van der Waals surface area (Å²) in [6.07, 6.45) is 4.40. The zero-order valence-corrected chi connectivity index (χ0v) is 7.68. The summed E-state index contributed by atoms with van der Waals surface area (Å²) in [4.78, 5) is 17.2. The summed E-state index contributed by atoms with van der Waals surface area (Å²) in [6.45, 7) is 1.05. The molecular formula is C10H11N2O2. The van der Waals surface area contributed by atoms with Gasteiger partial charge < -0.3 is 10.0 Å². The van der Waals surface area contributed by atoms with Gasteiger partial charge in [-0.15, -0.1) is 0 Å². The number of likely N-dealkylation sites (tertiary alicyclic amines) is 1. The number of pyridine rings is 1. The Kier molecular flexibility index (Phi) is 2.45. The monoisotopic (exact) mass is 191 g/mol. The Balaban J connectivity index is 2.10. The molecule has 1 fully saturated rings. The molecule has 0 spiro atoms. The molecule has 1 aromatic heterocycles. The first kappa shape index (κ1) is 9.15. The number of amides is 1. The Morgan fingerprint density at radius 1 is 1.71 bits per heavy atom. The fourth-order valence-electron chi connectivity index (χ4n) is 1.56. The SMILES string of the molecule is O=C(c1cc[c]nc1)N1CCC(O)C1. The molecule has 1 radical (unpaired) electrons. The van der Waals surface area contributed by atoms with E-state index in [0.29, 0.717) is 25.1 Å². The average molecular weight is 191 g/mol. The minimum absolute atomic E-state index is 0.0666. The summed E-state index contributed by atoms with van der Waals surface area (Å²) >= 11 is 0. The van der Waals surface area contributed by atoms with E-state index >= 15 is 0 Å². The van der Waals surface area contributed by atoms with Crippen molar-refractivity contribution in [1.82, 2.24) is 9.88 Å². The van der Waals surface area contributed by atoms with Crippen LogP contribution in [0, 0.1) is 6.20 Å². The predicted molar refractivity (Wildman–Crippen MR) is 49.6 cm³/mol. The lowest BCUT2D eigenvalue weighted by atomic mass is 10.2. The predicted octanol–water partition coefficient (Wildman–Crippen LogP) is 0.0886. The lowest BCUT2D eigenvalue weighted by Gasteiger charge is -2.14. The van der Waals surface area contributed by atoms with E-state index in [9.17, 15) is 9.90 Å². The molecule has 1 aliphatic heterocycles. The first-order valence-electron chi connectivity index (χ1n) is 4.57. The fourth-order valence-corrected chi connectivity index (χ4v) is 1.56. The highest BCUT2D eigenvalue weighted by Gasteiger charge is 2.25. The van der Waals surface area contributed by atoms with Gasteiger partial charge in [0.05, 0.1) is 17.9 Å². The molecule has 1 atom stereocenters. The first-order valence-corrected chi connectivity index (χ1v) is 4.57. The van der Waals surface area contributed by atoms with E-state index in [-0.39, 0.29) is 12.0 Å². The number of aliphatic hydroxyl groups excluding tert-OH is 1. The molecule has 4 nitrogen and oxygen atoms in total. The van der Waals surface area contributed by atoms with Gasteiger partial charge in [0.2, 0.25) is 0 Å². The van der Waals surface area contributed by atoms with Crippen molar-refractivity contribution in [1.29, 1.82) is 0 Å². The molecule has 1 aliphatic rings.